The van der Waals surface area contributed by atoms with Crippen LogP contribution in [0.4, 0.5) is 0 Å². The van der Waals surface area contributed by atoms with E-state index in [2.05, 4.69) is 9.82 Å². The molecule has 1 aromatic rings. The number of hydrogen-bond acceptors (Lipinski definition) is 4. The average molecular weight is 315 g/mol. The van der Waals surface area contributed by atoms with E-state index in [1.807, 2.05) is 27.7 Å². The van der Waals surface area contributed by atoms with Gasteiger partial charge in [0, 0.05) is 12.7 Å². The molecular formula is C14H25N3O3S. The van der Waals surface area contributed by atoms with Crippen LogP contribution in [-0.4, -0.2) is 29.4 Å². The summed E-state index contributed by atoms with van der Waals surface area (Å²) in [4.78, 5) is 12.1. The lowest BCUT2D eigenvalue weighted by Gasteiger charge is -2.19. The second-order valence-electron chi connectivity index (χ2n) is 5.90. The van der Waals surface area contributed by atoms with Crippen LogP contribution in [0.2, 0.25) is 0 Å². The van der Waals surface area contributed by atoms with Gasteiger partial charge in [0.1, 0.15) is 0 Å². The summed E-state index contributed by atoms with van der Waals surface area (Å²) in [6.07, 6.45) is 0.458. The summed E-state index contributed by atoms with van der Waals surface area (Å²) in [5.74, 6) is -0.522. The van der Waals surface area contributed by atoms with Gasteiger partial charge in [-0.05, 0) is 24.3 Å². The van der Waals surface area contributed by atoms with Crippen LogP contribution in [-0.2, 0) is 17.1 Å². The fraction of sp³-hybridized carbons (Fsp3) is 0.714. The quantitative estimate of drug-likeness (QED) is 0.871. The number of amides is 1. The Hall–Kier alpha value is -1.37. The molecule has 0 aliphatic heterocycles. The van der Waals surface area contributed by atoms with Gasteiger partial charge in [0.25, 0.3) is 5.91 Å². The topological polar surface area (TPSA) is 81.1 Å². The Kier molecular flexibility index (Phi) is 5.55. The fourth-order valence-electron chi connectivity index (χ4n) is 2.44. The lowest BCUT2D eigenvalue weighted by Crippen LogP contribution is -2.40. The molecule has 120 valence electrons. The number of carbonyl (C=O) groups is 1. The van der Waals surface area contributed by atoms with E-state index in [4.69, 9.17) is 0 Å². The minimum Gasteiger partial charge on any atom is -0.272 e. The van der Waals surface area contributed by atoms with Crippen LogP contribution in [0.5, 0.6) is 0 Å². The molecule has 1 aromatic heterocycles. The third kappa shape index (κ3) is 4.06. The third-order valence-corrected chi connectivity index (χ3v) is 5.66. The van der Waals surface area contributed by atoms with Crippen molar-refractivity contribution in [1.82, 2.24) is 14.5 Å². The van der Waals surface area contributed by atoms with Crippen molar-refractivity contribution in [3.05, 3.63) is 17.5 Å². The van der Waals surface area contributed by atoms with E-state index in [0.717, 1.165) is 5.69 Å². The molecule has 7 heteroatoms. The van der Waals surface area contributed by atoms with Crippen molar-refractivity contribution in [2.45, 2.75) is 52.2 Å². The van der Waals surface area contributed by atoms with Crippen molar-refractivity contribution >= 4 is 15.9 Å². The second kappa shape index (κ2) is 6.60. The van der Waals surface area contributed by atoms with Gasteiger partial charge in [-0.25, -0.2) is 13.1 Å². The first-order valence-electron chi connectivity index (χ1n) is 7.20. The zero-order chi connectivity index (χ0) is 16.4. The Morgan fingerprint density at radius 3 is 2.29 bits per heavy atom. The van der Waals surface area contributed by atoms with E-state index in [1.165, 1.54) is 0 Å². The smallest absolute Gasteiger partial charge is 0.272 e. The second-order valence-corrected chi connectivity index (χ2v) is 7.80. The summed E-state index contributed by atoms with van der Waals surface area (Å²) in [7, 11) is -1.95. The van der Waals surface area contributed by atoms with Gasteiger partial charge >= 0.3 is 0 Å². The summed E-state index contributed by atoms with van der Waals surface area (Å²) >= 11 is 0. The molecule has 0 fully saturated rings. The molecule has 0 aliphatic rings. The minimum atomic E-state index is -3.69. The maximum atomic E-state index is 12.2. The number of rotatable bonds is 6. The summed E-state index contributed by atoms with van der Waals surface area (Å²) in [5.41, 5.74) is 1.01. The molecule has 0 radical (unpaired) electrons. The van der Waals surface area contributed by atoms with E-state index in [0.29, 0.717) is 6.42 Å². The number of nitrogens with zero attached hydrogens (tertiary/aromatic N) is 2. The van der Waals surface area contributed by atoms with E-state index >= 15 is 0 Å². The molecule has 0 saturated heterocycles. The number of aryl methyl sites for hydroxylation is 1. The van der Waals surface area contributed by atoms with E-state index in [9.17, 15) is 13.2 Å². The van der Waals surface area contributed by atoms with Crippen molar-refractivity contribution in [2.24, 2.45) is 13.0 Å². The highest BCUT2D eigenvalue weighted by molar-refractivity contribution is 7.90. The van der Waals surface area contributed by atoms with Crippen LogP contribution in [0.1, 0.15) is 63.1 Å². The highest BCUT2D eigenvalue weighted by Crippen LogP contribution is 2.17. The molecule has 0 saturated carbocycles. The largest absolute Gasteiger partial charge is 0.285 e. The van der Waals surface area contributed by atoms with Crippen molar-refractivity contribution in [2.75, 3.05) is 0 Å². The van der Waals surface area contributed by atoms with Gasteiger partial charge < -0.3 is 0 Å². The molecule has 1 N–H and O–H groups in total. The zero-order valence-corrected chi connectivity index (χ0v) is 14.4. The predicted molar refractivity (Wildman–Crippen MR) is 82.6 cm³/mol. The molecule has 1 rings (SSSR count). The lowest BCUT2D eigenvalue weighted by molar-refractivity contribution is 0.0975. The summed E-state index contributed by atoms with van der Waals surface area (Å²) in [6.45, 7) is 9.43. The molecule has 0 spiro atoms. The summed E-state index contributed by atoms with van der Waals surface area (Å²) in [6, 6.07) is 1.63. The van der Waals surface area contributed by atoms with Crippen LogP contribution in [0, 0.1) is 5.92 Å². The lowest BCUT2D eigenvalue weighted by atomic mass is 10.1. The van der Waals surface area contributed by atoms with Gasteiger partial charge in [0.15, 0.2) is 5.69 Å². The van der Waals surface area contributed by atoms with Gasteiger partial charge in [0.2, 0.25) is 10.0 Å². The van der Waals surface area contributed by atoms with Crippen molar-refractivity contribution < 1.29 is 13.2 Å². The Morgan fingerprint density at radius 1 is 1.33 bits per heavy atom. The minimum absolute atomic E-state index is 0.0599. The number of carbonyl (C=O) groups excluding carboxylic acids is 1. The normalized spacial score (nSPS) is 13.7. The van der Waals surface area contributed by atoms with Crippen LogP contribution < -0.4 is 4.72 Å². The molecule has 6 nitrogen and oxygen atoms in total. The standard InChI is InChI=1S/C14H25N3O3S/c1-7-13(10(4)5)21(19,20)16-14(18)11-8-12(9(2)3)17(6)15-11/h8-10,13H,7H2,1-6H3,(H,16,18)/t13-/m1/s1. The van der Waals surface area contributed by atoms with Crippen LogP contribution in [0.25, 0.3) is 0 Å². The van der Waals surface area contributed by atoms with E-state index < -0.39 is 21.2 Å². The Bertz CT molecular complexity index is 603. The first-order chi connectivity index (χ1) is 9.60. The highest BCUT2D eigenvalue weighted by Gasteiger charge is 2.29. The van der Waals surface area contributed by atoms with Crippen LogP contribution >= 0.6 is 0 Å². The van der Waals surface area contributed by atoms with Crippen LogP contribution in [0.3, 0.4) is 0 Å². The van der Waals surface area contributed by atoms with Gasteiger partial charge in [-0.3, -0.25) is 9.48 Å². The van der Waals surface area contributed by atoms with Gasteiger partial charge in [-0.1, -0.05) is 34.6 Å². The van der Waals surface area contributed by atoms with Gasteiger partial charge in [-0.15, -0.1) is 0 Å². The molecule has 0 aliphatic carbocycles. The molecule has 0 aromatic carbocycles. The molecular weight excluding hydrogens is 290 g/mol. The first-order valence-corrected chi connectivity index (χ1v) is 8.74. The Labute approximate surface area is 127 Å². The molecule has 21 heavy (non-hydrogen) atoms. The van der Waals surface area contributed by atoms with Gasteiger partial charge in [0.05, 0.1) is 5.25 Å². The number of nitrogens with one attached hydrogen (secondary N) is 1. The fourth-order valence-corrected chi connectivity index (χ4v) is 4.11. The van der Waals surface area contributed by atoms with Crippen molar-refractivity contribution in [3.63, 3.8) is 0 Å². The SMILES string of the molecule is CC[C@H](C(C)C)S(=O)(=O)NC(=O)c1cc(C(C)C)n(C)n1. The molecule has 0 unspecified atom stereocenters. The number of hydrogen-bond donors (Lipinski definition) is 1. The average Bonchev–Trinajstić information content (AvgIpc) is 2.70. The molecule has 1 amide bonds. The predicted octanol–water partition coefficient (Wildman–Crippen LogP) is 2.04. The van der Waals surface area contributed by atoms with Crippen LogP contribution in [0.15, 0.2) is 6.07 Å². The van der Waals surface area contributed by atoms with Crippen molar-refractivity contribution in [1.29, 1.82) is 0 Å². The number of sulfonamides is 1. The Morgan fingerprint density at radius 2 is 1.90 bits per heavy atom. The number of aromatic nitrogens is 2. The maximum absolute atomic E-state index is 12.2. The van der Waals surface area contributed by atoms with Gasteiger partial charge in [-0.2, -0.15) is 5.10 Å². The highest BCUT2D eigenvalue weighted by atomic mass is 32.2. The zero-order valence-electron chi connectivity index (χ0n) is 13.5. The third-order valence-electron chi connectivity index (χ3n) is 3.52. The monoisotopic (exact) mass is 315 g/mol. The maximum Gasteiger partial charge on any atom is 0.285 e. The van der Waals surface area contributed by atoms with E-state index in [1.54, 1.807) is 24.7 Å². The molecule has 1 heterocycles. The Balaban J connectivity index is 2.98. The molecule has 1 atom stereocenters. The van der Waals surface area contributed by atoms with Crippen molar-refractivity contribution in [3.8, 4) is 0 Å². The summed E-state index contributed by atoms with van der Waals surface area (Å²) < 4.78 is 28.2. The van der Waals surface area contributed by atoms with E-state index in [-0.39, 0.29) is 17.5 Å². The molecule has 0 bridgehead atoms. The first kappa shape index (κ1) is 17.7. The summed E-state index contributed by atoms with van der Waals surface area (Å²) in [5, 5.41) is 3.50.